The lowest BCUT2D eigenvalue weighted by atomic mass is 9.90. The van der Waals surface area contributed by atoms with E-state index in [0.29, 0.717) is 11.3 Å². The highest BCUT2D eigenvalue weighted by molar-refractivity contribution is 6.23. The van der Waals surface area contributed by atoms with Crippen LogP contribution in [0.2, 0.25) is 0 Å². The minimum absolute atomic E-state index is 0.313. The van der Waals surface area contributed by atoms with Crippen molar-refractivity contribution < 1.29 is 18.8 Å². The van der Waals surface area contributed by atoms with Crippen LogP contribution >= 0.6 is 0 Å². The minimum atomic E-state index is -0.936. The summed E-state index contributed by atoms with van der Waals surface area (Å²) in [6, 6.07) is 22.2. The second-order valence-corrected chi connectivity index (χ2v) is 7.74. The molecule has 3 aromatic carbocycles. The van der Waals surface area contributed by atoms with Crippen molar-refractivity contribution in [3.8, 4) is 0 Å². The summed E-state index contributed by atoms with van der Waals surface area (Å²) in [5.41, 5.74) is 3.10. The molecule has 5 rings (SSSR count). The molecule has 0 aliphatic carbocycles. The van der Waals surface area contributed by atoms with Gasteiger partial charge in [0.15, 0.2) is 6.10 Å². The van der Waals surface area contributed by atoms with Crippen molar-refractivity contribution in [3.63, 3.8) is 0 Å². The second-order valence-electron chi connectivity index (χ2n) is 7.74. The Morgan fingerprint density at radius 1 is 0.839 bits per heavy atom. The van der Waals surface area contributed by atoms with Gasteiger partial charge in [-0.25, -0.2) is 14.4 Å². The van der Waals surface area contributed by atoms with Crippen LogP contribution in [0.1, 0.15) is 24.1 Å². The van der Waals surface area contributed by atoms with Crippen LogP contribution in [0, 0.1) is 11.7 Å². The summed E-state index contributed by atoms with van der Waals surface area (Å²) in [6.45, 7) is 2.05. The van der Waals surface area contributed by atoms with Crippen molar-refractivity contribution in [2.24, 2.45) is 5.92 Å². The molecule has 2 aliphatic heterocycles. The number of fused-ring (bicyclic) bond motifs is 1. The van der Waals surface area contributed by atoms with Crippen LogP contribution in [0.15, 0.2) is 78.9 Å². The molecule has 0 spiro atoms. The van der Waals surface area contributed by atoms with Crippen LogP contribution in [-0.4, -0.2) is 17.9 Å². The largest absolute Gasteiger partial charge is 0.273 e. The first-order valence-electron chi connectivity index (χ1n) is 10.3. The molecule has 2 aliphatic rings. The van der Waals surface area contributed by atoms with Gasteiger partial charge >= 0.3 is 0 Å². The van der Waals surface area contributed by atoms with Gasteiger partial charge in [0.25, 0.3) is 5.91 Å². The van der Waals surface area contributed by atoms with Gasteiger partial charge in [0.05, 0.1) is 17.4 Å². The van der Waals surface area contributed by atoms with Gasteiger partial charge in [-0.1, -0.05) is 49.4 Å². The molecule has 2 fully saturated rings. The van der Waals surface area contributed by atoms with Crippen LogP contribution in [0.5, 0.6) is 0 Å². The monoisotopic (exact) mass is 416 g/mol. The van der Waals surface area contributed by atoms with Crippen molar-refractivity contribution in [1.82, 2.24) is 0 Å². The number of benzene rings is 3. The Morgan fingerprint density at radius 3 is 2.16 bits per heavy atom. The highest BCUT2D eigenvalue weighted by atomic mass is 19.1. The van der Waals surface area contributed by atoms with E-state index in [1.54, 1.807) is 29.3 Å². The highest BCUT2D eigenvalue weighted by Gasteiger charge is 2.60. The predicted molar refractivity (Wildman–Crippen MR) is 115 cm³/mol. The molecule has 2 amide bonds. The van der Waals surface area contributed by atoms with Gasteiger partial charge in [0.2, 0.25) is 5.91 Å². The summed E-state index contributed by atoms with van der Waals surface area (Å²) < 4.78 is 13.6. The molecule has 3 atom stereocenters. The third-order valence-corrected chi connectivity index (χ3v) is 5.94. The number of amides is 2. The van der Waals surface area contributed by atoms with E-state index in [-0.39, 0.29) is 17.6 Å². The van der Waals surface area contributed by atoms with Gasteiger partial charge in [0.1, 0.15) is 11.7 Å². The lowest BCUT2D eigenvalue weighted by Gasteiger charge is -2.28. The van der Waals surface area contributed by atoms with E-state index in [2.05, 4.69) is 0 Å². The van der Waals surface area contributed by atoms with Crippen molar-refractivity contribution in [2.45, 2.75) is 25.5 Å². The maximum Gasteiger partial charge on any atom is 0.266 e. The number of carbonyl (C=O) groups is 2. The SMILES string of the molecule is CCc1ccc(N2C(=O)[C@@H]3[C@@H](c4ccc(F)cc4)N(c4ccccc4)O[C@H]3C2=O)cc1. The summed E-state index contributed by atoms with van der Waals surface area (Å²) in [5.74, 6) is -1.79. The van der Waals surface area contributed by atoms with Gasteiger partial charge < -0.3 is 0 Å². The first-order valence-corrected chi connectivity index (χ1v) is 10.3. The maximum absolute atomic E-state index is 13.6. The number of hydrogen-bond acceptors (Lipinski definition) is 4. The van der Waals surface area contributed by atoms with Gasteiger partial charge in [-0.05, 0) is 53.9 Å². The molecule has 0 N–H and O–H groups in total. The van der Waals surface area contributed by atoms with E-state index in [9.17, 15) is 14.0 Å². The molecule has 2 saturated heterocycles. The number of halogens is 1. The summed E-state index contributed by atoms with van der Waals surface area (Å²) in [6.07, 6.45) is -0.0662. The van der Waals surface area contributed by atoms with Crippen LogP contribution in [-0.2, 0) is 20.8 Å². The minimum Gasteiger partial charge on any atom is -0.273 e. The summed E-state index contributed by atoms with van der Waals surface area (Å²) in [7, 11) is 0. The Balaban J connectivity index is 1.56. The zero-order valence-electron chi connectivity index (χ0n) is 16.9. The smallest absolute Gasteiger partial charge is 0.266 e. The molecule has 0 bridgehead atoms. The molecule has 0 unspecified atom stereocenters. The molecule has 2 heterocycles. The Morgan fingerprint density at radius 2 is 1.52 bits per heavy atom. The fourth-order valence-electron chi connectivity index (χ4n) is 4.35. The van der Waals surface area contributed by atoms with E-state index in [0.717, 1.165) is 17.7 Å². The number of carbonyl (C=O) groups excluding carboxylic acids is 2. The van der Waals surface area contributed by atoms with Crippen molar-refractivity contribution >= 4 is 23.2 Å². The van der Waals surface area contributed by atoms with E-state index in [1.807, 2.05) is 49.4 Å². The second kappa shape index (κ2) is 7.63. The molecule has 6 heteroatoms. The molecule has 31 heavy (non-hydrogen) atoms. The van der Waals surface area contributed by atoms with Crippen LogP contribution in [0.25, 0.3) is 0 Å². The van der Waals surface area contributed by atoms with Gasteiger partial charge in [0, 0.05) is 0 Å². The molecule has 0 aromatic heterocycles. The third-order valence-electron chi connectivity index (χ3n) is 5.94. The zero-order valence-corrected chi connectivity index (χ0v) is 16.9. The molecule has 0 saturated carbocycles. The van der Waals surface area contributed by atoms with Crippen molar-refractivity contribution in [1.29, 1.82) is 0 Å². The van der Waals surface area contributed by atoms with Crippen LogP contribution in [0.4, 0.5) is 15.8 Å². The first kappa shape index (κ1) is 19.5. The molecule has 156 valence electrons. The number of hydrogen-bond donors (Lipinski definition) is 0. The van der Waals surface area contributed by atoms with Crippen LogP contribution < -0.4 is 9.96 Å². The molecular formula is C25H21FN2O3. The van der Waals surface area contributed by atoms with Crippen molar-refractivity contribution in [3.05, 3.63) is 95.8 Å². The Bertz CT molecular complexity index is 1120. The van der Waals surface area contributed by atoms with Crippen molar-refractivity contribution in [2.75, 3.05) is 9.96 Å². The predicted octanol–water partition coefficient (Wildman–Crippen LogP) is 4.44. The fraction of sp³-hybridized carbons (Fsp3) is 0.200. The number of anilines is 2. The highest BCUT2D eigenvalue weighted by Crippen LogP contribution is 2.47. The van der Waals surface area contributed by atoms with E-state index >= 15 is 0 Å². The standard InChI is InChI=1S/C25H21FN2O3/c1-2-16-8-14-19(15-9-16)27-24(29)21-22(17-10-12-18(26)13-11-17)28(31-23(21)25(27)30)20-6-4-3-5-7-20/h3-15,21-23H,2H2,1H3/t21-,22-,23-/m1/s1. The first-order chi connectivity index (χ1) is 15.1. The number of nitrogens with zero attached hydrogens (tertiary/aromatic N) is 2. The number of hydroxylamine groups is 1. The number of imide groups is 1. The normalized spacial score (nSPS) is 22.8. The van der Waals surface area contributed by atoms with Gasteiger partial charge in [-0.2, -0.15) is 0 Å². The lowest BCUT2D eigenvalue weighted by molar-refractivity contribution is -0.126. The maximum atomic E-state index is 13.6. The quantitative estimate of drug-likeness (QED) is 0.590. The lowest BCUT2D eigenvalue weighted by Crippen LogP contribution is -2.37. The fourth-order valence-corrected chi connectivity index (χ4v) is 4.35. The van der Waals surface area contributed by atoms with E-state index in [1.165, 1.54) is 17.0 Å². The molecule has 3 aromatic rings. The molecular weight excluding hydrogens is 395 g/mol. The van der Waals surface area contributed by atoms with Gasteiger partial charge in [-0.15, -0.1) is 0 Å². The summed E-state index contributed by atoms with van der Waals surface area (Å²) in [4.78, 5) is 34.0. The Labute approximate surface area is 179 Å². The zero-order chi connectivity index (χ0) is 21.5. The summed E-state index contributed by atoms with van der Waals surface area (Å²) in [5, 5.41) is 1.61. The number of aryl methyl sites for hydroxylation is 1. The summed E-state index contributed by atoms with van der Waals surface area (Å²) >= 11 is 0. The average molecular weight is 416 g/mol. The van der Waals surface area contributed by atoms with Crippen LogP contribution in [0.3, 0.4) is 0 Å². The number of rotatable bonds is 4. The number of para-hydroxylation sites is 1. The van der Waals surface area contributed by atoms with Gasteiger partial charge in [-0.3, -0.25) is 14.4 Å². The Hall–Kier alpha value is -3.51. The van der Waals surface area contributed by atoms with E-state index in [4.69, 9.17) is 4.84 Å². The Kier molecular flexibility index (Phi) is 4.79. The topological polar surface area (TPSA) is 49.9 Å². The molecule has 0 radical (unpaired) electrons. The van der Waals surface area contributed by atoms with E-state index < -0.39 is 18.1 Å². The average Bonchev–Trinajstić information content (AvgIpc) is 3.31. The third kappa shape index (κ3) is 3.20. The molecule has 5 nitrogen and oxygen atoms in total.